The number of benzene rings is 2. The number of ether oxygens (including phenoxy) is 1. The summed E-state index contributed by atoms with van der Waals surface area (Å²) in [4.78, 5) is 12.4. The van der Waals surface area contributed by atoms with Crippen LogP contribution in [0.2, 0.25) is 0 Å². The topological polar surface area (TPSA) is 70.2 Å². The van der Waals surface area contributed by atoms with Crippen molar-refractivity contribution in [2.24, 2.45) is 0 Å². The number of pyridine rings is 1. The molecule has 2 aromatic carbocycles. The number of halogens is 3. The smallest absolute Gasteiger partial charge is 0.406 e. The van der Waals surface area contributed by atoms with Crippen LogP contribution in [0, 0.1) is 6.92 Å². The van der Waals surface area contributed by atoms with Gasteiger partial charge in [0.1, 0.15) is 16.8 Å². The molecule has 2 heterocycles. The molecule has 4 rings (SSSR count). The Morgan fingerprint density at radius 3 is 2.43 bits per heavy atom. The summed E-state index contributed by atoms with van der Waals surface area (Å²) in [7, 11) is 0. The molecular weight excluding hydrogens is 375 g/mol. The van der Waals surface area contributed by atoms with Gasteiger partial charge < -0.3 is 4.74 Å². The van der Waals surface area contributed by atoms with Crippen LogP contribution in [0.25, 0.3) is 27.8 Å². The zero-order valence-electron chi connectivity index (χ0n) is 14.4. The molecule has 0 aliphatic carbocycles. The van der Waals surface area contributed by atoms with Crippen molar-refractivity contribution in [1.29, 1.82) is 0 Å². The lowest BCUT2D eigenvalue weighted by Crippen LogP contribution is -2.19. The van der Waals surface area contributed by atoms with Gasteiger partial charge in [-0.05, 0) is 64.8 Å². The Balaban J connectivity index is 1.76. The van der Waals surface area contributed by atoms with Crippen molar-refractivity contribution in [3.05, 3.63) is 70.6 Å². The maximum absolute atomic E-state index is 12.4. The summed E-state index contributed by atoms with van der Waals surface area (Å²) in [5.74, 6) is -0.361. The normalized spacial score (nSPS) is 11.7. The first-order valence-electron chi connectivity index (χ1n) is 8.12. The summed E-state index contributed by atoms with van der Waals surface area (Å²) in [6, 6.07) is 11.9. The number of fused-ring (bicyclic) bond motifs is 1. The molecule has 0 N–H and O–H groups in total. The predicted octanol–water partition coefficient (Wildman–Crippen LogP) is 4.25. The second kappa shape index (κ2) is 6.52. The molecule has 0 aliphatic heterocycles. The average molecular weight is 387 g/mol. The highest BCUT2D eigenvalue weighted by Crippen LogP contribution is 2.27. The van der Waals surface area contributed by atoms with Gasteiger partial charge in [-0.15, -0.1) is 13.2 Å². The minimum atomic E-state index is -4.77. The molecule has 0 aliphatic rings. The van der Waals surface area contributed by atoms with Crippen molar-refractivity contribution < 1.29 is 22.5 Å². The van der Waals surface area contributed by atoms with Gasteiger partial charge in [-0.1, -0.05) is 6.07 Å². The first-order chi connectivity index (χ1) is 13.3. The molecular formula is C19H12F3N3O3. The van der Waals surface area contributed by atoms with Crippen LogP contribution in [0.4, 0.5) is 13.2 Å². The van der Waals surface area contributed by atoms with E-state index in [0.29, 0.717) is 16.7 Å². The van der Waals surface area contributed by atoms with Crippen LogP contribution >= 0.6 is 0 Å². The van der Waals surface area contributed by atoms with Crippen LogP contribution < -0.4 is 10.3 Å². The monoisotopic (exact) mass is 387 g/mol. The quantitative estimate of drug-likeness (QED) is 0.526. The molecule has 0 radical (unpaired) electrons. The molecule has 0 atom stereocenters. The van der Waals surface area contributed by atoms with Gasteiger partial charge >= 0.3 is 6.36 Å². The molecule has 0 saturated carbocycles. The van der Waals surface area contributed by atoms with E-state index in [1.54, 1.807) is 25.3 Å². The Morgan fingerprint density at radius 1 is 1.00 bits per heavy atom. The number of aromatic nitrogens is 3. The minimum absolute atomic E-state index is 0.310. The standard InChI is InChI=1S/C19H12F3N3O3/c1-11-8-18(26)25(13-3-5-14(6-4-13)27-19(20,21)22)10-15(11)12-2-7-16-17(9-12)24-28-23-16/h2-10H,1H3. The molecule has 4 aromatic rings. The van der Waals surface area contributed by atoms with Crippen molar-refractivity contribution in [3.63, 3.8) is 0 Å². The molecule has 0 unspecified atom stereocenters. The molecule has 0 spiro atoms. The van der Waals surface area contributed by atoms with Crippen LogP contribution in [-0.2, 0) is 0 Å². The highest BCUT2D eigenvalue weighted by Gasteiger charge is 2.31. The predicted molar refractivity (Wildman–Crippen MR) is 94.3 cm³/mol. The van der Waals surface area contributed by atoms with Gasteiger partial charge in [-0.2, -0.15) is 0 Å². The van der Waals surface area contributed by atoms with Gasteiger partial charge in [-0.25, -0.2) is 4.63 Å². The van der Waals surface area contributed by atoms with E-state index in [1.807, 2.05) is 6.07 Å². The lowest BCUT2D eigenvalue weighted by atomic mass is 10.0. The van der Waals surface area contributed by atoms with E-state index in [9.17, 15) is 18.0 Å². The lowest BCUT2D eigenvalue weighted by molar-refractivity contribution is -0.274. The van der Waals surface area contributed by atoms with E-state index in [1.165, 1.54) is 22.8 Å². The van der Waals surface area contributed by atoms with Crippen molar-refractivity contribution in [1.82, 2.24) is 14.9 Å². The van der Waals surface area contributed by atoms with Crippen LogP contribution in [0.1, 0.15) is 5.56 Å². The first-order valence-corrected chi connectivity index (χ1v) is 8.12. The van der Waals surface area contributed by atoms with Crippen molar-refractivity contribution in [2.45, 2.75) is 13.3 Å². The third kappa shape index (κ3) is 3.46. The average Bonchev–Trinajstić information content (AvgIpc) is 3.09. The van der Waals surface area contributed by atoms with E-state index in [4.69, 9.17) is 4.63 Å². The van der Waals surface area contributed by atoms with Gasteiger partial charge in [-0.3, -0.25) is 9.36 Å². The second-order valence-electron chi connectivity index (χ2n) is 6.09. The van der Waals surface area contributed by atoms with Crippen LogP contribution in [0.3, 0.4) is 0 Å². The number of alkyl halides is 3. The third-order valence-corrected chi connectivity index (χ3v) is 4.17. The molecule has 142 valence electrons. The molecule has 9 heteroatoms. The molecule has 28 heavy (non-hydrogen) atoms. The summed E-state index contributed by atoms with van der Waals surface area (Å²) in [5, 5.41) is 7.57. The number of rotatable bonds is 3. The first kappa shape index (κ1) is 17.8. The van der Waals surface area contributed by atoms with Gasteiger partial charge in [0.15, 0.2) is 0 Å². The highest BCUT2D eigenvalue weighted by molar-refractivity contribution is 5.81. The fourth-order valence-electron chi connectivity index (χ4n) is 2.89. The molecule has 2 aromatic heterocycles. The number of nitrogens with zero attached hydrogens (tertiary/aromatic N) is 3. The number of aryl methyl sites for hydroxylation is 1. The van der Waals surface area contributed by atoms with Gasteiger partial charge in [0.25, 0.3) is 5.56 Å². The largest absolute Gasteiger partial charge is 0.573 e. The Bertz CT molecular complexity index is 1210. The number of hydrogen-bond donors (Lipinski definition) is 0. The fraction of sp³-hybridized carbons (Fsp3) is 0.105. The highest BCUT2D eigenvalue weighted by atomic mass is 19.4. The van der Waals surface area contributed by atoms with Gasteiger partial charge in [0, 0.05) is 23.5 Å². The summed E-state index contributed by atoms with van der Waals surface area (Å²) < 4.78 is 46.8. The molecule has 0 amide bonds. The fourth-order valence-corrected chi connectivity index (χ4v) is 2.89. The van der Waals surface area contributed by atoms with Crippen LogP contribution in [-0.4, -0.2) is 21.2 Å². The summed E-state index contributed by atoms with van der Waals surface area (Å²) in [5.41, 5.74) is 3.58. The number of hydrogen-bond acceptors (Lipinski definition) is 5. The van der Waals surface area contributed by atoms with Crippen LogP contribution in [0.15, 0.2) is 64.2 Å². The zero-order chi connectivity index (χ0) is 19.9. The lowest BCUT2D eigenvalue weighted by Gasteiger charge is -2.13. The maximum atomic E-state index is 12.4. The van der Waals surface area contributed by atoms with Gasteiger partial charge in [0.2, 0.25) is 0 Å². The van der Waals surface area contributed by atoms with E-state index in [-0.39, 0.29) is 11.3 Å². The van der Waals surface area contributed by atoms with Gasteiger partial charge in [0.05, 0.1) is 0 Å². The summed E-state index contributed by atoms with van der Waals surface area (Å²) in [6.07, 6.45) is -3.14. The van der Waals surface area contributed by atoms with E-state index in [2.05, 4.69) is 15.1 Å². The van der Waals surface area contributed by atoms with E-state index < -0.39 is 6.36 Å². The maximum Gasteiger partial charge on any atom is 0.573 e. The van der Waals surface area contributed by atoms with E-state index >= 15 is 0 Å². The Hall–Kier alpha value is -3.62. The molecule has 0 saturated heterocycles. The second-order valence-corrected chi connectivity index (χ2v) is 6.09. The molecule has 0 bridgehead atoms. The van der Waals surface area contributed by atoms with Crippen molar-refractivity contribution in [3.8, 4) is 22.6 Å². The Kier molecular flexibility index (Phi) is 4.14. The van der Waals surface area contributed by atoms with E-state index in [0.717, 1.165) is 28.8 Å². The Morgan fingerprint density at radius 2 is 1.71 bits per heavy atom. The summed E-state index contributed by atoms with van der Waals surface area (Å²) >= 11 is 0. The minimum Gasteiger partial charge on any atom is -0.406 e. The molecule has 6 nitrogen and oxygen atoms in total. The zero-order valence-corrected chi connectivity index (χ0v) is 14.4. The molecule has 0 fully saturated rings. The third-order valence-electron chi connectivity index (χ3n) is 4.17. The summed E-state index contributed by atoms with van der Waals surface area (Å²) in [6.45, 7) is 1.80. The van der Waals surface area contributed by atoms with Crippen molar-refractivity contribution in [2.75, 3.05) is 0 Å². The SMILES string of the molecule is Cc1cc(=O)n(-c2ccc(OC(F)(F)F)cc2)cc1-c1ccc2nonc2c1. The van der Waals surface area contributed by atoms with Crippen LogP contribution in [0.5, 0.6) is 5.75 Å². The Labute approximate surface area is 155 Å². The van der Waals surface area contributed by atoms with Crippen molar-refractivity contribution >= 4 is 11.0 Å².